The number of rotatable bonds is 18. The molecule has 0 saturated heterocycles. The van der Waals surface area contributed by atoms with E-state index in [-0.39, 0.29) is 43.3 Å². The lowest BCUT2D eigenvalue weighted by molar-refractivity contribution is -0.150. The van der Waals surface area contributed by atoms with Crippen LogP contribution >= 0.6 is 0 Å². The van der Waals surface area contributed by atoms with Crippen molar-refractivity contribution in [2.75, 3.05) is 13.2 Å². The zero-order chi connectivity index (χ0) is 32.1. The van der Waals surface area contributed by atoms with E-state index >= 15 is 0 Å². The zero-order valence-corrected chi connectivity index (χ0v) is 26.1. The molecule has 45 heavy (non-hydrogen) atoms. The summed E-state index contributed by atoms with van der Waals surface area (Å²) in [5, 5.41) is 17.1. The molecule has 1 heterocycles. The quantitative estimate of drug-likeness (QED) is 0.111. The molecule has 0 bridgehead atoms. The number of carbonyl (C=O) groups is 3. The van der Waals surface area contributed by atoms with Gasteiger partial charge in [-0.3, -0.25) is 14.4 Å². The predicted molar refractivity (Wildman–Crippen MR) is 177 cm³/mol. The lowest BCUT2D eigenvalue weighted by Crippen LogP contribution is -2.50. The number of nitrogens with one attached hydrogen (secondary N) is 3. The summed E-state index contributed by atoms with van der Waals surface area (Å²) in [5.41, 5.74) is 2.41. The fourth-order valence-corrected chi connectivity index (χ4v) is 6.29. The van der Waals surface area contributed by atoms with E-state index in [0.717, 1.165) is 47.7 Å². The Labute approximate surface area is 266 Å². The van der Waals surface area contributed by atoms with E-state index in [1.165, 1.54) is 0 Å². The molecule has 0 aliphatic heterocycles. The van der Waals surface area contributed by atoms with Gasteiger partial charge in [0.05, 0.1) is 30.0 Å². The van der Waals surface area contributed by atoms with Gasteiger partial charge in [0.15, 0.2) is 0 Å². The second kappa shape index (κ2) is 16.8. The van der Waals surface area contributed by atoms with Gasteiger partial charge in [-0.05, 0) is 62.1 Å². The molecule has 0 spiro atoms. The summed E-state index contributed by atoms with van der Waals surface area (Å²) < 4.78 is 5.91. The van der Waals surface area contributed by atoms with Crippen LogP contribution in [0.1, 0.15) is 62.5 Å². The average molecular weight is 614 g/mol. The molecule has 4 rings (SSSR count). The number of fused-ring (bicyclic) bond motifs is 1. The lowest BCUT2D eigenvalue weighted by Gasteiger charge is -2.29. The van der Waals surface area contributed by atoms with Crippen molar-refractivity contribution in [3.63, 3.8) is 0 Å². The van der Waals surface area contributed by atoms with E-state index in [1.807, 2.05) is 60.8 Å². The highest BCUT2D eigenvalue weighted by molar-refractivity contribution is 5.87. The standard InChI is InChI=1S/C37H47N3O5/c1-3-5-16-29(21-27-14-7-6-8-15-27)36(44)45-25-31(22-30-24-38-33-18-10-9-17-32(30)33)39-35(43)28(13-4-2)23-34(42)40-37(26-41)19-11-12-20-37/h3-4,6-10,14-15,17-18,24,28-29,31,38,41H,1-2,5,11-13,16,19-23,25-26H2,(H,39,43)(H,40,42). The van der Waals surface area contributed by atoms with E-state index in [1.54, 1.807) is 12.2 Å². The Morgan fingerprint density at radius 1 is 0.978 bits per heavy atom. The van der Waals surface area contributed by atoms with E-state index in [0.29, 0.717) is 32.1 Å². The van der Waals surface area contributed by atoms with Crippen LogP contribution in [0.25, 0.3) is 10.9 Å². The molecule has 240 valence electrons. The van der Waals surface area contributed by atoms with Crippen LogP contribution in [0.4, 0.5) is 0 Å². The average Bonchev–Trinajstić information content (AvgIpc) is 3.69. The van der Waals surface area contributed by atoms with Crippen molar-refractivity contribution in [1.82, 2.24) is 15.6 Å². The van der Waals surface area contributed by atoms with Crippen molar-refractivity contribution in [1.29, 1.82) is 0 Å². The number of hydrogen-bond donors (Lipinski definition) is 4. The Balaban J connectivity index is 1.47. The molecule has 4 N–H and O–H groups in total. The maximum atomic E-state index is 13.7. The first-order valence-electron chi connectivity index (χ1n) is 16.1. The van der Waals surface area contributed by atoms with Gasteiger partial charge in [-0.15, -0.1) is 13.2 Å². The fourth-order valence-electron chi connectivity index (χ4n) is 6.29. The summed E-state index contributed by atoms with van der Waals surface area (Å²) in [6, 6.07) is 17.3. The molecule has 1 aromatic heterocycles. The first kappa shape index (κ1) is 33.7. The number of ether oxygens (including phenoxy) is 1. The minimum absolute atomic E-state index is 0.00983. The summed E-state index contributed by atoms with van der Waals surface area (Å²) in [4.78, 5) is 43.4. The second-order valence-corrected chi connectivity index (χ2v) is 12.3. The number of carbonyl (C=O) groups excluding carboxylic acids is 3. The molecule has 3 aromatic rings. The highest BCUT2D eigenvalue weighted by Gasteiger charge is 2.35. The van der Waals surface area contributed by atoms with Gasteiger partial charge >= 0.3 is 5.97 Å². The SMILES string of the molecule is C=CCCC(Cc1ccccc1)C(=O)OCC(Cc1c[nH]c2ccccc12)NC(=O)C(CC=C)CC(=O)NC1(CO)CCCC1. The monoisotopic (exact) mass is 613 g/mol. The molecule has 3 unspecified atom stereocenters. The van der Waals surface area contributed by atoms with Gasteiger partial charge < -0.3 is 25.5 Å². The molecular weight excluding hydrogens is 566 g/mol. The van der Waals surface area contributed by atoms with Gasteiger partial charge in [-0.1, -0.05) is 73.5 Å². The summed E-state index contributed by atoms with van der Waals surface area (Å²) >= 11 is 0. The van der Waals surface area contributed by atoms with Crippen LogP contribution < -0.4 is 10.6 Å². The van der Waals surface area contributed by atoms with E-state index in [2.05, 4.69) is 28.8 Å². The molecule has 1 aliphatic carbocycles. The normalized spacial score (nSPS) is 15.9. The first-order valence-corrected chi connectivity index (χ1v) is 16.1. The van der Waals surface area contributed by atoms with Crippen LogP contribution in [-0.2, 0) is 32.0 Å². The number of aromatic nitrogens is 1. The van der Waals surface area contributed by atoms with Crippen molar-refractivity contribution >= 4 is 28.7 Å². The Hall–Kier alpha value is -4.17. The molecule has 8 nitrogen and oxygen atoms in total. The maximum Gasteiger partial charge on any atom is 0.309 e. The van der Waals surface area contributed by atoms with Gasteiger partial charge in [0.2, 0.25) is 11.8 Å². The van der Waals surface area contributed by atoms with Crippen LogP contribution in [0.15, 0.2) is 86.1 Å². The minimum atomic E-state index is -0.653. The summed E-state index contributed by atoms with van der Waals surface area (Å²) in [5.74, 6) is -1.88. The van der Waals surface area contributed by atoms with E-state index < -0.39 is 17.5 Å². The van der Waals surface area contributed by atoms with Gasteiger partial charge in [-0.25, -0.2) is 0 Å². The fraction of sp³-hybridized carbons (Fsp3) is 0.432. The Kier molecular flexibility index (Phi) is 12.6. The number of allylic oxidation sites excluding steroid dienone is 2. The third kappa shape index (κ3) is 9.66. The minimum Gasteiger partial charge on any atom is -0.463 e. The largest absolute Gasteiger partial charge is 0.463 e. The lowest BCUT2D eigenvalue weighted by atomic mass is 9.94. The van der Waals surface area contributed by atoms with Gasteiger partial charge in [-0.2, -0.15) is 0 Å². The van der Waals surface area contributed by atoms with Crippen LogP contribution in [0.5, 0.6) is 0 Å². The molecule has 0 radical (unpaired) electrons. The van der Waals surface area contributed by atoms with Crippen LogP contribution in [0.2, 0.25) is 0 Å². The van der Waals surface area contributed by atoms with Crippen LogP contribution in [-0.4, -0.2) is 52.7 Å². The van der Waals surface area contributed by atoms with Gasteiger partial charge in [0.25, 0.3) is 0 Å². The number of aliphatic hydroxyl groups is 1. The second-order valence-electron chi connectivity index (χ2n) is 12.3. The molecule has 1 aliphatic rings. The highest BCUT2D eigenvalue weighted by Crippen LogP contribution is 2.29. The number of esters is 1. The number of H-pyrrole nitrogens is 1. The number of aromatic amines is 1. The summed E-state index contributed by atoms with van der Waals surface area (Å²) in [7, 11) is 0. The molecule has 1 fully saturated rings. The molecule has 1 saturated carbocycles. The highest BCUT2D eigenvalue weighted by atomic mass is 16.5. The van der Waals surface area contributed by atoms with Crippen molar-refractivity contribution in [2.45, 2.75) is 75.8 Å². The van der Waals surface area contributed by atoms with Crippen molar-refractivity contribution in [2.24, 2.45) is 11.8 Å². The molecular formula is C37H47N3O5. The van der Waals surface area contributed by atoms with Crippen molar-refractivity contribution in [3.05, 3.63) is 97.2 Å². The summed E-state index contributed by atoms with van der Waals surface area (Å²) in [6.45, 7) is 7.49. The van der Waals surface area contributed by atoms with Gasteiger partial charge in [0.1, 0.15) is 6.61 Å². The van der Waals surface area contributed by atoms with E-state index in [4.69, 9.17) is 4.74 Å². The Bertz CT molecular complexity index is 1430. The van der Waals surface area contributed by atoms with Crippen molar-refractivity contribution < 1.29 is 24.2 Å². The van der Waals surface area contributed by atoms with Gasteiger partial charge in [0, 0.05) is 23.5 Å². The number of hydrogen-bond acceptors (Lipinski definition) is 5. The number of para-hydroxylation sites is 1. The molecule has 2 amide bonds. The number of aliphatic hydroxyl groups excluding tert-OH is 1. The maximum absolute atomic E-state index is 13.7. The number of benzene rings is 2. The third-order valence-electron chi connectivity index (χ3n) is 8.81. The van der Waals surface area contributed by atoms with Crippen LogP contribution in [0, 0.1) is 11.8 Å². The van der Waals surface area contributed by atoms with E-state index in [9.17, 15) is 19.5 Å². The topological polar surface area (TPSA) is 121 Å². The molecule has 2 aromatic carbocycles. The summed E-state index contributed by atoms with van der Waals surface area (Å²) in [6.07, 6.45) is 11.3. The van der Waals surface area contributed by atoms with Crippen molar-refractivity contribution in [3.8, 4) is 0 Å². The smallest absolute Gasteiger partial charge is 0.309 e. The Morgan fingerprint density at radius 3 is 2.42 bits per heavy atom. The predicted octanol–water partition coefficient (Wildman–Crippen LogP) is 5.57. The Morgan fingerprint density at radius 2 is 1.71 bits per heavy atom. The molecule has 8 heteroatoms. The third-order valence-corrected chi connectivity index (χ3v) is 8.81. The molecule has 3 atom stereocenters. The first-order chi connectivity index (χ1) is 21.9. The number of amides is 2. The van der Waals surface area contributed by atoms with Crippen LogP contribution in [0.3, 0.4) is 0 Å². The zero-order valence-electron chi connectivity index (χ0n) is 26.1.